The Labute approximate surface area is 577 Å². The van der Waals surface area contributed by atoms with Gasteiger partial charge in [0.1, 0.15) is 24.4 Å². The highest BCUT2D eigenvalue weighted by Gasteiger charge is 2.44. The Bertz CT molecular complexity index is 1620. The molecule has 6 N–H and O–H groups in total. The molecule has 1 fully saturated rings. The van der Waals surface area contributed by atoms with Crippen molar-refractivity contribution >= 4 is 5.91 Å². The Hall–Kier alpha value is -1.85. The number of allylic oxidation sites excluding steroid dienone is 8. The molecule has 1 heterocycles. The number of carbonyl (C=O) groups excluding carboxylic acids is 1. The van der Waals surface area contributed by atoms with Crippen molar-refractivity contribution in [3.05, 3.63) is 48.6 Å². The number of hydrogen-bond acceptors (Lipinski definition) is 8. The van der Waals surface area contributed by atoms with E-state index < -0.39 is 49.5 Å². The standard InChI is InChI=1S/C84H159NO8/c1-3-5-7-9-11-13-15-17-19-21-23-25-27-29-31-33-34-35-36-37-38-39-40-41-42-43-44-46-48-50-52-54-56-58-60-62-64-66-68-70-72-74-80(88)85-77(76-92-84-83(91)82(90)81(89)79(75-86)93-84)78(87)73-71-69-67-65-63-61-59-57-55-53-51-49-47-45-32-30-28-26-24-22-20-18-16-14-12-10-8-6-4-2/h5,7,11,13,17,19,23,25,77-79,81-84,86-87,89-91H,3-4,6,8-10,12,14-16,18,20-22,24,26-76H2,1-2H3,(H,85,88)/b7-5-,13-11-,19-17-,25-23-. The molecule has 0 aromatic rings. The molecule has 1 aliphatic heterocycles. The summed E-state index contributed by atoms with van der Waals surface area (Å²) in [7, 11) is 0. The second kappa shape index (κ2) is 72.9. The van der Waals surface area contributed by atoms with Crippen LogP contribution in [0.25, 0.3) is 0 Å². The van der Waals surface area contributed by atoms with E-state index in [4.69, 9.17) is 9.47 Å². The summed E-state index contributed by atoms with van der Waals surface area (Å²) in [6.45, 7) is 3.79. The van der Waals surface area contributed by atoms with Crippen molar-refractivity contribution in [1.82, 2.24) is 5.32 Å². The Morgan fingerprint density at radius 2 is 0.667 bits per heavy atom. The summed E-state index contributed by atoms with van der Waals surface area (Å²) < 4.78 is 11.4. The van der Waals surface area contributed by atoms with Gasteiger partial charge in [0.15, 0.2) is 6.29 Å². The number of unbranched alkanes of at least 4 members (excludes halogenated alkanes) is 56. The number of amides is 1. The van der Waals surface area contributed by atoms with Gasteiger partial charge in [0.2, 0.25) is 5.91 Å². The van der Waals surface area contributed by atoms with Crippen molar-refractivity contribution in [2.24, 2.45) is 0 Å². The molecule has 93 heavy (non-hydrogen) atoms. The van der Waals surface area contributed by atoms with Gasteiger partial charge in [-0.2, -0.15) is 0 Å². The van der Waals surface area contributed by atoms with Crippen LogP contribution in [0, 0.1) is 0 Å². The predicted molar refractivity (Wildman–Crippen MR) is 401 cm³/mol. The number of aliphatic hydroxyl groups is 5. The molecule has 7 unspecified atom stereocenters. The van der Waals surface area contributed by atoms with Crippen LogP contribution in [0.4, 0.5) is 0 Å². The van der Waals surface area contributed by atoms with E-state index in [-0.39, 0.29) is 12.5 Å². The number of ether oxygens (including phenoxy) is 2. The molecule has 0 aliphatic carbocycles. The molecule has 0 aromatic heterocycles. The third-order valence-electron chi connectivity index (χ3n) is 19.9. The molecule has 1 saturated heterocycles. The highest BCUT2D eigenvalue weighted by molar-refractivity contribution is 5.76. The van der Waals surface area contributed by atoms with E-state index in [0.29, 0.717) is 12.8 Å². The lowest BCUT2D eigenvalue weighted by molar-refractivity contribution is -0.302. The highest BCUT2D eigenvalue weighted by atomic mass is 16.7. The van der Waals surface area contributed by atoms with Gasteiger partial charge in [0.25, 0.3) is 0 Å². The van der Waals surface area contributed by atoms with Crippen molar-refractivity contribution in [3.8, 4) is 0 Å². The summed E-state index contributed by atoms with van der Waals surface area (Å²) >= 11 is 0. The van der Waals surface area contributed by atoms with Crippen LogP contribution in [0.3, 0.4) is 0 Å². The number of hydrogen-bond donors (Lipinski definition) is 6. The Balaban J connectivity index is 2.01. The summed E-state index contributed by atoms with van der Waals surface area (Å²) in [5.41, 5.74) is 0. The summed E-state index contributed by atoms with van der Waals surface area (Å²) in [6.07, 6.45) is 93.8. The van der Waals surface area contributed by atoms with Gasteiger partial charge < -0.3 is 40.3 Å². The molecule has 548 valence electrons. The van der Waals surface area contributed by atoms with Crippen molar-refractivity contribution in [1.29, 1.82) is 0 Å². The van der Waals surface area contributed by atoms with Gasteiger partial charge in [-0.15, -0.1) is 0 Å². The molecule has 9 nitrogen and oxygen atoms in total. The van der Waals surface area contributed by atoms with E-state index in [2.05, 4.69) is 67.8 Å². The molecular weight excluding hydrogens is 1150 g/mol. The van der Waals surface area contributed by atoms with Crippen molar-refractivity contribution < 1.29 is 39.8 Å². The van der Waals surface area contributed by atoms with Crippen molar-refractivity contribution in [3.63, 3.8) is 0 Å². The molecule has 0 aromatic carbocycles. The lowest BCUT2D eigenvalue weighted by atomic mass is 9.99. The van der Waals surface area contributed by atoms with Crippen LogP contribution >= 0.6 is 0 Å². The predicted octanol–water partition coefficient (Wildman–Crippen LogP) is 23.9. The quantitative estimate of drug-likeness (QED) is 0.0261. The van der Waals surface area contributed by atoms with E-state index >= 15 is 0 Å². The first kappa shape index (κ1) is 89.2. The summed E-state index contributed by atoms with van der Waals surface area (Å²) in [5, 5.41) is 55.1. The second-order valence-corrected chi connectivity index (χ2v) is 28.9. The fourth-order valence-corrected chi connectivity index (χ4v) is 13.6. The first-order valence-electron chi connectivity index (χ1n) is 41.3. The maximum atomic E-state index is 13.2. The normalized spacial score (nSPS) is 17.8. The maximum Gasteiger partial charge on any atom is 0.220 e. The molecule has 0 spiro atoms. The third-order valence-corrected chi connectivity index (χ3v) is 19.9. The zero-order chi connectivity index (χ0) is 67.1. The van der Waals surface area contributed by atoms with Gasteiger partial charge in [-0.05, 0) is 51.4 Å². The lowest BCUT2D eigenvalue weighted by Crippen LogP contribution is -2.60. The van der Waals surface area contributed by atoms with Crippen LogP contribution in [0.1, 0.15) is 425 Å². The average molecular weight is 1310 g/mol. The van der Waals surface area contributed by atoms with Crippen molar-refractivity contribution in [2.45, 2.75) is 468 Å². The summed E-state index contributed by atoms with van der Waals surface area (Å²) in [6, 6.07) is -0.719. The third kappa shape index (κ3) is 61.0. The van der Waals surface area contributed by atoms with Gasteiger partial charge in [-0.25, -0.2) is 0 Å². The van der Waals surface area contributed by atoms with Gasteiger partial charge in [0, 0.05) is 6.42 Å². The van der Waals surface area contributed by atoms with E-state index in [1.165, 1.54) is 334 Å². The summed E-state index contributed by atoms with van der Waals surface area (Å²) in [5.74, 6) is -0.134. The highest BCUT2D eigenvalue weighted by Crippen LogP contribution is 2.24. The molecule has 1 rings (SSSR count). The van der Waals surface area contributed by atoms with Gasteiger partial charge in [-0.3, -0.25) is 4.79 Å². The van der Waals surface area contributed by atoms with E-state index in [0.717, 1.165) is 64.2 Å². The minimum absolute atomic E-state index is 0.133. The number of aliphatic hydroxyl groups excluding tert-OH is 5. The SMILES string of the molecule is CC/C=C\C/C=C\C/C=C\C/C=C\CCCCCCCCCCCCCCCCCCCCCCCCCCCCCCC(=O)NC(COC1OC(CO)C(O)C(O)C1O)C(O)CCCCCCCCCCCCCCCCCCCCCCCCCCCCCCC. The molecule has 1 aliphatic rings. The van der Waals surface area contributed by atoms with Crippen LogP contribution < -0.4 is 5.32 Å². The van der Waals surface area contributed by atoms with Crippen LogP contribution in [-0.2, 0) is 14.3 Å². The van der Waals surface area contributed by atoms with Crippen LogP contribution in [0.2, 0.25) is 0 Å². The van der Waals surface area contributed by atoms with Crippen LogP contribution in [0.15, 0.2) is 48.6 Å². The Kier molecular flexibility index (Phi) is 69.9. The van der Waals surface area contributed by atoms with E-state index in [1.807, 2.05) is 0 Å². The minimum atomic E-state index is -1.55. The lowest BCUT2D eigenvalue weighted by Gasteiger charge is -2.40. The van der Waals surface area contributed by atoms with Gasteiger partial charge in [0.05, 0.1) is 25.4 Å². The summed E-state index contributed by atoms with van der Waals surface area (Å²) in [4.78, 5) is 13.2. The van der Waals surface area contributed by atoms with Crippen LogP contribution in [-0.4, -0.2) is 87.5 Å². The number of rotatable bonds is 74. The van der Waals surface area contributed by atoms with Crippen LogP contribution in [0.5, 0.6) is 0 Å². The fraction of sp³-hybridized carbons (Fsp3) is 0.893. The van der Waals surface area contributed by atoms with E-state index in [1.54, 1.807) is 0 Å². The second-order valence-electron chi connectivity index (χ2n) is 28.9. The number of nitrogens with one attached hydrogen (secondary N) is 1. The first-order valence-corrected chi connectivity index (χ1v) is 41.3. The van der Waals surface area contributed by atoms with Crippen molar-refractivity contribution in [2.75, 3.05) is 13.2 Å². The Morgan fingerprint density at radius 1 is 0.376 bits per heavy atom. The molecule has 1 amide bonds. The first-order chi connectivity index (χ1) is 45.8. The molecule has 0 radical (unpaired) electrons. The topological polar surface area (TPSA) is 149 Å². The molecular formula is C84H159NO8. The smallest absolute Gasteiger partial charge is 0.220 e. The zero-order valence-electron chi connectivity index (χ0n) is 61.8. The maximum absolute atomic E-state index is 13.2. The minimum Gasteiger partial charge on any atom is -0.394 e. The zero-order valence-corrected chi connectivity index (χ0v) is 61.8. The molecule has 0 saturated carbocycles. The molecule has 9 heteroatoms. The molecule has 7 atom stereocenters. The molecule has 0 bridgehead atoms. The monoisotopic (exact) mass is 1310 g/mol. The Morgan fingerprint density at radius 3 is 0.989 bits per heavy atom. The fourth-order valence-electron chi connectivity index (χ4n) is 13.6. The average Bonchev–Trinajstić information content (AvgIpc) is 1.00. The number of carbonyl (C=O) groups is 1. The van der Waals surface area contributed by atoms with E-state index in [9.17, 15) is 30.3 Å². The van der Waals surface area contributed by atoms with Gasteiger partial charge >= 0.3 is 0 Å². The van der Waals surface area contributed by atoms with Gasteiger partial charge in [-0.1, -0.05) is 416 Å². The largest absolute Gasteiger partial charge is 0.394 e.